The highest BCUT2D eigenvalue weighted by molar-refractivity contribution is 5.04. The van der Waals surface area contributed by atoms with E-state index in [1.807, 2.05) is 5.06 Å². The van der Waals surface area contributed by atoms with Gasteiger partial charge in [0.15, 0.2) is 0 Å². The van der Waals surface area contributed by atoms with Crippen molar-refractivity contribution < 1.29 is 4.84 Å². The Labute approximate surface area is 49.4 Å². The molecule has 0 aromatic heterocycles. The van der Waals surface area contributed by atoms with Crippen molar-refractivity contribution in [1.82, 2.24) is 5.06 Å². The maximum Gasteiger partial charge on any atom is 0.211 e. The van der Waals surface area contributed by atoms with Gasteiger partial charge in [-0.1, -0.05) is 0 Å². The third-order valence-corrected chi connectivity index (χ3v) is 1.89. The first-order chi connectivity index (χ1) is 3.70. The number of fused-ring (bicyclic) bond motifs is 1. The van der Waals surface area contributed by atoms with Crippen molar-refractivity contribution in [3.05, 3.63) is 6.23 Å². The lowest BCUT2D eigenvalue weighted by atomic mass is 10.0. The molecule has 0 aliphatic carbocycles. The van der Waals surface area contributed by atoms with E-state index < -0.39 is 0 Å². The second-order valence-electron chi connectivity index (χ2n) is 3.09. The van der Waals surface area contributed by atoms with Crippen LogP contribution < -0.4 is 0 Å². The van der Waals surface area contributed by atoms with Crippen molar-refractivity contribution in [3.63, 3.8) is 0 Å². The maximum atomic E-state index is 5.12. The van der Waals surface area contributed by atoms with Crippen LogP contribution in [0.1, 0.15) is 26.7 Å². The molecule has 2 rings (SSSR count). The Kier molecular flexibility index (Phi) is 0.649. The lowest BCUT2D eigenvalue weighted by Gasteiger charge is -2.16. The van der Waals surface area contributed by atoms with Gasteiger partial charge in [0.25, 0.3) is 0 Å². The zero-order valence-electron chi connectivity index (χ0n) is 5.27. The minimum Gasteiger partial charge on any atom is -0.266 e. The van der Waals surface area contributed by atoms with Gasteiger partial charge in [-0.15, -0.1) is 5.06 Å². The molecule has 1 unspecified atom stereocenters. The van der Waals surface area contributed by atoms with Crippen LogP contribution in [0.4, 0.5) is 0 Å². The van der Waals surface area contributed by atoms with Gasteiger partial charge in [0.2, 0.25) is 6.23 Å². The normalized spacial score (nSPS) is 42.0. The smallest absolute Gasteiger partial charge is 0.211 e. The Morgan fingerprint density at radius 3 is 2.50 bits per heavy atom. The summed E-state index contributed by atoms with van der Waals surface area (Å²) in [6.45, 7) is 4.40. The van der Waals surface area contributed by atoms with Crippen LogP contribution in [0.25, 0.3) is 0 Å². The van der Waals surface area contributed by atoms with Crippen molar-refractivity contribution >= 4 is 0 Å². The fourth-order valence-electron chi connectivity index (χ4n) is 1.21. The van der Waals surface area contributed by atoms with Gasteiger partial charge in [0.05, 0.1) is 0 Å². The van der Waals surface area contributed by atoms with Crippen LogP contribution in [0.3, 0.4) is 0 Å². The van der Waals surface area contributed by atoms with Gasteiger partial charge in [-0.25, -0.2) is 0 Å². The van der Waals surface area contributed by atoms with Crippen LogP contribution in [-0.2, 0) is 4.84 Å². The van der Waals surface area contributed by atoms with E-state index in [-0.39, 0.29) is 0 Å². The van der Waals surface area contributed by atoms with E-state index in [1.165, 1.54) is 12.6 Å². The summed E-state index contributed by atoms with van der Waals surface area (Å²) in [5, 5.41) is 2.01. The second-order valence-corrected chi connectivity index (χ2v) is 3.09. The predicted molar refractivity (Wildman–Crippen MR) is 29.5 cm³/mol. The number of rotatable bonds is 0. The summed E-state index contributed by atoms with van der Waals surface area (Å²) >= 11 is 0. The highest BCUT2D eigenvalue weighted by Crippen LogP contribution is 2.49. The SMILES string of the molecule is CC1(C)CC[C]2ON21. The minimum absolute atomic E-state index is 0.301. The molecule has 1 radical (unpaired) electrons. The van der Waals surface area contributed by atoms with Gasteiger partial charge in [-0.3, -0.25) is 4.84 Å². The molecule has 0 aromatic carbocycles. The van der Waals surface area contributed by atoms with Crippen LogP contribution in [0.5, 0.6) is 0 Å². The van der Waals surface area contributed by atoms with Crippen LogP contribution in [0.2, 0.25) is 0 Å². The third kappa shape index (κ3) is 0.446. The Hall–Kier alpha value is -0.0800. The standard InChI is InChI=1S/C6H10NO/c1-6(2)4-3-5-7(6)8-5/h3-4H2,1-2H3. The molecule has 2 saturated heterocycles. The van der Waals surface area contributed by atoms with Gasteiger partial charge < -0.3 is 0 Å². The van der Waals surface area contributed by atoms with E-state index in [4.69, 9.17) is 4.84 Å². The molecule has 0 amide bonds. The van der Waals surface area contributed by atoms with E-state index in [0.29, 0.717) is 5.54 Å². The third-order valence-electron chi connectivity index (χ3n) is 1.89. The molecule has 2 fully saturated rings. The van der Waals surface area contributed by atoms with Crippen molar-refractivity contribution in [2.24, 2.45) is 0 Å². The molecule has 2 heterocycles. The molecule has 0 spiro atoms. The van der Waals surface area contributed by atoms with Gasteiger partial charge in [-0.05, 0) is 20.3 Å². The second kappa shape index (κ2) is 1.09. The Bertz CT molecular complexity index is 122. The van der Waals surface area contributed by atoms with E-state index in [9.17, 15) is 0 Å². The van der Waals surface area contributed by atoms with E-state index in [0.717, 1.165) is 6.42 Å². The van der Waals surface area contributed by atoms with Gasteiger partial charge in [-0.2, -0.15) is 0 Å². The lowest BCUT2D eigenvalue weighted by Crippen LogP contribution is -2.25. The average Bonchev–Trinajstić information content (AvgIpc) is 2.34. The van der Waals surface area contributed by atoms with Gasteiger partial charge in [0.1, 0.15) is 0 Å². The quantitative estimate of drug-likeness (QED) is 0.439. The molecule has 1 atom stereocenters. The fraction of sp³-hybridized carbons (Fsp3) is 0.833. The number of hydroxylamine groups is 2. The molecule has 2 aliphatic rings. The maximum absolute atomic E-state index is 5.12. The van der Waals surface area contributed by atoms with Crippen LogP contribution in [0, 0.1) is 6.23 Å². The lowest BCUT2D eigenvalue weighted by molar-refractivity contribution is 0.0799. The van der Waals surface area contributed by atoms with Crippen LogP contribution in [-0.4, -0.2) is 10.6 Å². The molecular weight excluding hydrogens is 102 g/mol. The summed E-state index contributed by atoms with van der Waals surface area (Å²) in [5.74, 6) is 0. The molecule has 45 valence electrons. The highest BCUT2D eigenvalue weighted by Gasteiger charge is 2.54. The average molecular weight is 112 g/mol. The first-order valence-corrected chi connectivity index (χ1v) is 3.04. The number of nitrogens with zero attached hydrogens (tertiary/aromatic N) is 1. The zero-order valence-corrected chi connectivity index (χ0v) is 5.27. The van der Waals surface area contributed by atoms with Crippen molar-refractivity contribution in [3.8, 4) is 0 Å². The summed E-state index contributed by atoms with van der Waals surface area (Å²) in [6, 6.07) is 0. The molecule has 2 aliphatic heterocycles. The zero-order chi connectivity index (χ0) is 5.78. The van der Waals surface area contributed by atoms with E-state index in [2.05, 4.69) is 13.8 Å². The first-order valence-electron chi connectivity index (χ1n) is 3.04. The summed E-state index contributed by atoms with van der Waals surface area (Å²) < 4.78 is 0. The predicted octanol–water partition coefficient (Wildman–Crippen LogP) is 1.30. The Balaban J connectivity index is 2.17. The molecule has 0 bridgehead atoms. The number of hydrogen-bond acceptors (Lipinski definition) is 2. The van der Waals surface area contributed by atoms with E-state index in [1.54, 1.807) is 0 Å². The number of hydrogen-bond donors (Lipinski definition) is 0. The molecule has 0 N–H and O–H groups in total. The Morgan fingerprint density at radius 1 is 1.62 bits per heavy atom. The Morgan fingerprint density at radius 2 is 2.38 bits per heavy atom. The minimum atomic E-state index is 0.301. The first kappa shape index (κ1) is 4.77. The summed E-state index contributed by atoms with van der Waals surface area (Å²) in [4.78, 5) is 5.12. The molecule has 0 saturated carbocycles. The summed E-state index contributed by atoms with van der Waals surface area (Å²) in [7, 11) is 0. The topological polar surface area (TPSA) is 15.5 Å². The van der Waals surface area contributed by atoms with Crippen molar-refractivity contribution in [2.75, 3.05) is 0 Å². The van der Waals surface area contributed by atoms with Crippen molar-refractivity contribution in [1.29, 1.82) is 0 Å². The van der Waals surface area contributed by atoms with Crippen LogP contribution >= 0.6 is 0 Å². The van der Waals surface area contributed by atoms with Gasteiger partial charge >= 0.3 is 0 Å². The monoisotopic (exact) mass is 112 g/mol. The highest BCUT2D eigenvalue weighted by atomic mass is 16.8. The molecule has 2 nitrogen and oxygen atoms in total. The van der Waals surface area contributed by atoms with Crippen molar-refractivity contribution in [2.45, 2.75) is 32.2 Å². The summed E-state index contributed by atoms with van der Waals surface area (Å²) in [5.41, 5.74) is 0.301. The van der Waals surface area contributed by atoms with E-state index >= 15 is 0 Å². The van der Waals surface area contributed by atoms with Crippen LogP contribution in [0.15, 0.2) is 0 Å². The largest absolute Gasteiger partial charge is 0.266 e. The molecular formula is C6H10NO. The molecule has 2 heteroatoms. The molecule has 8 heavy (non-hydrogen) atoms. The van der Waals surface area contributed by atoms with Gasteiger partial charge in [0, 0.05) is 12.0 Å². The fourth-order valence-corrected chi connectivity index (χ4v) is 1.21. The summed E-state index contributed by atoms with van der Waals surface area (Å²) in [6.07, 6.45) is 3.59. The molecule has 0 aromatic rings.